The van der Waals surface area contributed by atoms with Crippen LogP contribution in [0.2, 0.25) is 0 Å². The highest BCUT2D eigenvalue weighted by atomic mass is 15.1. The number of allylic oxidation sites excluding steroid dienone is 6. The van der Waals surface area contributed by atoms with E-state index in [1.807, 2.05) is 0 Å². The minimum Gasteiger partial charge on any atom is -0.310 e. The Bertz CT molecular complexity index is 3280. The zero-order valence-corrected chi connectivity index (χ0v) is 34.6. The molecular formula is C60H44N2. The Hall–Kier alpha value is -7.94. The average Bonchev–Trinajstić information content (AvgIpc) is 3.50. The maximum atomic E-state index is 2.44. The van der Waals surface area contributed by atoms with Gasteiger partial charge in [-0.3, -0.25) is 0 Å². The minimum absolute atomic E-state index is 0.310. The molecule has 0 N–H and O–H groups in total. The maximum absolute atomic E-state index is 2.44. The summed E-state index contributed by atoms with van der Waals surface area (Å²) in [7, 11) is 0. The van der Waals surface area contributed by atoms with Gasteiger partial charge in [0, 0.05) is 33.5 Å². The van der Waals surface area contributed by atoms with Gasteiger partial charge in [0.1, 0.15) is 0 Å². The minimum atomic E-state index is 0.310. The highest BCUT2D eigenvalue weighted by Gasteiger charge is 2.22. The number of aromatic nitrogens is 1. The predicted molar refractivity (Wildman–Crippen MR) is 265 cm³/mol. The molecule has 0 aliphatic heterocycles. The Morgan fingerprint density at radius 2 is 1.02 bits per heavy atom. The number of hydrogen-bond acceptors (Lipinski definition) is 1. The van der Waals surface area contributed by atoms with E-state index < -0.39 is 0 Å². The molecule has 9 aromatic carbocycles. The molecule has 1 aromatic heterocycles. The third kappa shape index (κ3) is 6.73. The van der Waals surface area contributed by atoms with Crippen molar-refractivity contribution in [3.05, 3.63) is 248 Å². The highest BCUT2D eigenvalue weighted by molar-refractivity contribution is 6.23. The summed E-state index contributed by atoms with van der Waals surface area (Å²) in [5.74, 6) is 0.310. The largest absolute Gasteiger partial charge is 0.310 e. The van der Waals surface area contributed by atoms with Crippen LogP contribution in [-0.4, -0.2) is 4.57 Å². The molecule has 0 unspecified atom stereocenters. The Labute approximate surface area is 363 Å². The second-order valence-electron chi connectivity index (χ2n) is 16.2. The molecule has 294 valence electrons. The van der Waals surface area contributed by atoms with Crippen molar-refractivity contribution >= 4 is 55.2 Å². The first-order valence-corrected chi connectivity index (χ1v) is 21.5. The standard InChI is InChI=1S/C60H44N2/c1-42-19-6-2-13-29-54(42)45-33-35-51(36-34-45)61(53-39-48(43-20-7-3-8-21-43)37-49(40-53)44-22-9-4-10-23-44)52-28-18-25-47(38-52)59-55-30-15-14-24-46(55)41-58-60(59)56-31-16-17-32-57(56)62(58)50-26-11-5-12-27-50/h2-42H,1H3/t42-/m0/s1. The van der Waals surface area contributed by atoms with Gasteiger partial charge in [-0.2, -0.15) is 0 Å². The summed E-state index contributed by atoms with van der Waals surface area (Å²) in [4.78, 5) is 2.44. The Balaban J connectivity index is 1.16. The Morgan fingerprint density at radius 1 is 0.403 bits per heavy atom. The SMILES string of the molecule is C[C@H]1C=CC=CC=C1c1ccc(N(c2cc(-c3ccccc3)cc(-c3ccccc3)c2)c2cccc(-c3c4ccccc4cc4c3c3ccccc3n4-c3ccccc3)c2)cc1. The first-order chi connectivity index (χ1) is 30.7. The number of benzene rings is 9. The quantitative estimate of drug-likeness (QED) is 0.149. The fourth-order valence-corrected chi connectivity index (χ4v) is 9.40. The van der Waals surface area contributed by atoms with E-state index in [4.69, 9.17) is 0 Å². The van der Waals surface area contributed by atoms with Crippen molar-refractivity contribution in [1.29, 1.82) is 0 Å². The summed E-state index contributed by atoms with van der Waals surface area (Å²) in [5.41, 5.74) is 16.4. The zero-order chi connectivity index (χ0) is 41.4. The van der Waals surface area contributed by atoms with Crippen molar-refractivity contribution < 1.29 is 0 Å². The van der Waals surface area contributed by atoms with Crippen molar-refractivity contribution in [1.82, 2.24) is 4.57 Å². The van der Waals surface area contributed by atoms with Crippen LogP contribution in [0.3, 0.4) is 0 Å². The summed E-state index contributed by atoms with van der Waals surface area (Å²) < 4.78 is 2.43. The fraction of sp³-hybridized carbons (Fsp3) is 0.0333. The summed E-state index contributed by atoms with van der Waals surface area (Å²) in [6, 6.07) is 77.6. The molecule has 0 saturated heterocycles. The average molecular weight is 793 g/mol. The third-order valence-corrected chi connectivity index (χ3v) is 12.3. The Kier molecular flexibility index (Phi) is 9.52. The summed E-state index contributed by atoms with van der Waals surface area (Å²) in [6.07, 6.45) is 10.9. The number of nitrogens with zero attached hydrogens (tertiary/aromatic N) is 2. The van der Waals surface area contributed by atoms with Gasteiger partial charge in [0.2, 0.25) is 0 Å². The van der Waals surface area contributed by atoms with E-state index in [-0.39, 0.29) is 0 Å². The number of anilines is 3. The van der Waals surface area contributed by atoms with E-state index in [1.165, 1.54) is 77.1 Å². The topological polar surface area (TPSA) is 8.17 Å². The van der Waals surface area contributed by atoms with Gasteiger partial charge in [-0.1, -0.05) is 183 Å². The van der Waals surface area contributed by atoms with Crippen LogP contribution in [0.15, 0.2) is 243 Å². The van der Waals surface area contributed by atoms with Crippen LogP contribution in [0.5, 0.6) is 0 Å². The molecule has 2 heteroatoms. The lowest BCUT2D eigenvalue weighted by atomic mass is 9.92. The van der Waals surface area contributed by atoms with E-state index in [2.05, 4.69) is 259 Å². The van der Waals surface area contributed by atoms with Gasteiger partial charge in [0.05, 0.1) is 11.0 Å². The lowest BCUT2D eigenvalue weighted by Gasteiger charge is -2.28. The Morgan fingerprint density at radius 3 is 1.74 bits per heavy atom. The van der Waals surface area contributed by atoms with E-state index in [9.17, 15) is 0 Å². The normalized spacial score (nSPS) is 13.7. The summed E-state index contributed by atoms with van der Waals surface area (Å²) in [6.45, 7) is 2.27. The van der Waals surface area contributed by atoms with Crippen molar-refractivity contribution in [2.24, 2.45) is 5.92 Å². The van der Waals surface area contributed by atoms with Crippen LogP contribution >= 0.6 is 0 Å². The van der Waals surface area contributed by atoms with Crippen molar-refractivity contribution in [2.45, 2.75) is 6.92 Å². The molecule has 1 aliphatic carbocycles. The second-order valence-corrected chi connectivity index (χ2v) is 16.2. The lowest BCUT2D eigenvalue weighted by molar-refractivity contribution is 0.966. The van der Waals surface area contributed by atoms with Crippen molar-refractivity contribution in [2.75, 3.05) is 4.90 Å². The summed E-state index contributed by atoms with van der Waals surface area (Å²) >= 11 is 0. The smallest absolute Gasteiger partial charge is 0.0553 e. The molecule has 1 aliphatic rings. The predicted octanol–water partition coefficient (Wildman–Crippen LogP) is 16.6. The van der Waals surface area contributed by atoms with Crippen LogP contribution in [0.1, 0.15) is 12.5 Å². The number of fused-ring (bicyclic) bond motifs is 4. The number of rotatable bonds is 8. The first kappa shape index (κ1) is 37.1. The van der Waals surface area contributed by atoms with Gasteiger partial charge in [-0.25, -0.2) is 0 Å². The van der Waals surface area contributed by atoms with Gasteiger partial charge in [-0.15, -0.1) is 0 Å². The van der Waals surface area contributed by atoms with E-state index in [1.54, 1.807) is 0 Å². The molecule has 2 nitrogen and oxygen atoms in total. The molecule has 0 amide bonds. The van der Waals surface area contributed by atoms with Crippen LogP contribution in [0.25, 0.3) is 77.2 Å². The number of hydrogen-bond donors (Lipinski definition) is 0. The molecule has 1 atom stereocenters. The van der Waals surface area contributed by atoms with Crippen LogP contribution < -0.4 is 4.90 Å². The van der Waals surface area contributed by atoms with E-state index >= 15 is 0 Å². The molecule has 11 rings (SSSR count). The van der Waals surface area contributed by atoms with E-state index in [0.29, 0.717) is 5.92 Å². The van der Waals surface area contributed by atoms with Gasteiger partial charge in [-0.05, 0) is 128 Å². The molecule has 0 bridgehead atoms. The van der Waals surface area contributed by atoms with Gasteiger partial charge < -0.3 is 9.47 Å². The van der Waals surface area contributed by atoms with Gasteiger partial charge in [0.15, 0.2) is 0 Å². The highest BCUT2D eigenvalue weighted by Crippen LogP contribution is 2.46. The second kappa shape index (κ2) is 15.9. The van der Waals surface area contributed by atoms with Gasteiger partial charge in [0.25, 0.3) is 0 Å². The molecular weight excluding hydrogens is 749 g/mol. The molecule has 0 fully saturated rings. The van der Waals surface area contributed by atoms with Crippen molar-refractivity contribution in [3.63, 3.8) is 0 Å². The lowest BCUT2D eigenvalue weighted by Crippen LogP contribution is -2.11. The molecule has 62 heavy (non-hydrogen) atoms. The monoisotopic (exact) mass is 792 g/mol. The number of para-hydroxylation sites is 2. The molecule has 1 heterocycles. The molecule has 0 radical (unpaired) electrons. The van der Waals surface area contributed by atoms with E-state index in [0.717, 1.165) is 22.7 Å². The zero-order valence-electron chi connectivity index (χ0n) is 34.6. The van der Waals surface area contributed by atoms with Crippen LogP contribution in [0.4, 0.5) is 17.1 Å². The molecule has 10 aromatic rings. The third-order valence-electron chi connectivity index (χ3n) is 12.3. The van der Waals surface area contributed by atoms with Crippen molar-refractivity contribution in [3.8, 4) is 39.1 Å². The van der Waals surface area contributed by atoms with Crippen LogP contribution in [0, 0.1) is 5.92 Å². The van der Waals surface area contributed by atoms with Crippen LogP contribution in [-0.2, 0) is 0 Å². The summed E-state index contributed by atoms with van der Waals surface area (Å²) in [5, 5.41) is 4.93. The van der Waals surface area contributed by atoms with Gasteiger partial charge >= 0.3 is 0 Å². The molecule has 0 saturated carbocycles. The first-order valence-electron chi connectivity index (χ1n) is 21.5. The fourth-order valence-electron chi connectivity index (χ4n) is 9.40. The maximum Gasteiger partial charge on any atom is 0.0553 e. The molecule has 0 spiro atoms.